The summed E-state index contributed by atoms with van der Waals surface area (Å²) < 4.78 is 0. The van der Waals surface area contributed by atoms with Gasteiger partial charge in [0.05, 0.1) is 0 Å². The minimum atomic E-state index is 0.551. The molecule has 0 bridgehead atoms. The Hall–Kier alpha value is -1.38. The van der Waals surface area contributed by atoms with Gasteiger partial charge in [-0.1, -0.05) is 18.2 Å². The van der Waals surface area contributed by atoms with Crippen LogP contribution in [0.2, 0.25) is 0 Å². The van der Waals surface area contributed by atoms with Crippen LogP contribution in [0, 0.1) is 0 Å². The van der Waals surface area contributed by atoms with E-state index in [1.807, 2.05) is 0 Å². The molecule has 84 valence electrons. The van der Waals surface area contributed by atoms with Gasteiger partial charge in [-0.3, -0.25) is 5.84 Å². The molecule has 1 aromatic carbocycles. The molecule has 0 aliphatic carbocycles. The molecule has 0 aliphatic rings. The smallest absolute Gasteiger partial charge is 0.0313 e. The fraction of sp³-hybridized carbons (Fsp3) is 0.250. The highest BCUT2D eigenvalue weighted by molar-refractivity contribution is 5.59. The molecule has 0 saturated heterocycles. The highest BCUT2D eigenvalue weighted by atomic mass is 15.8. The van der Waals surface area contributed by atoms with E-state index in [0.717, 1.165) is 10.2 Å². The molecule has 0 spiro atoms. The monoisotopic (exact) mass is 208 g/mol. The molecule has 7 heteroatoms. The predicted molar refractivity (Wildman–Crippen MR) is 60.3 cm³/mol. The summed E-state index contributed by atoms with van der Waals surface area (Å²) in [6.45, 7) is 0. The van der Waals surface area contributed by atoms with Gasteiger partial charge in [-0.05, 0) is 20.2 Å². The van der Waals surface area contributed by atoms with E-state index in [1.54, 1.807) is 31.3 Å². The minimum Gasteiger partial charge on any atom is -0.606 e. The van der Waals surface area contributed by atoms with Crippen LogP contribution in [-0.2, 0) is 0 Å². The first-order valence-corrected chi connectivity index (χ1v) is 4.27. The third kappa shape index (κ3) is 3.35. The van der Waals surface area contributed by atoms with Crippen LogP contribution in [-0.4, -0.2) is 24.3 Å². The highest BCUT2D eigenvalue weighted by Crippen LogP contribution is 2.25. The van der Waals surface area contributed by atoms with Gasteiger partial charge in [0, 0.05) is 5.69 Å². The van der Waals surface area contributed by atoms with Gasteiger partial charge in [-0.2, -0.15) is 0 Å². The molecule has 15 heavy (non-hydrogen) atoms. The first-order chi connectivity index (χ1) is 7.00. The summed E-state index contributed by atoms with van der Waals surface area (Å²) in [4.78, 5) is 0. The Bertz CT molecular complexity index is 312. The molecular weight excluding hydrogens is 194 g/mol. The maximum atomic E-state index is 7.53. The number of nitrogens with zero attached hydrogens (tertiary/aromatic N) is 4. The Morgan fingerprint density at radius 2 is 1.93 bits per heavy atom. The van der Waals surface area contributed by atoms with Gasteiger partial charge in [0.1, 0.15) is 0 Å². The number of nitrogens with two attached hydrogens (primary N) is 1. The van der Waals surface area contributed by atoms with Crippen LogP contribution in [0.25, 0.3) is 17.1 Å². The number of hydrazine groups is 2. The van der Waals surface area contributed by atoms with Crippen molar-refractivity contribution in [2.24, 2.45) is 5.84 Å². The van der Waals surface area contributed by atoms with Gasteiger partial charge >= 0.3 is 0 Å². The van der Waals surface area contributed by atoms with E-state index < -0.39 is 0 Å². The van der Waals surface area contributed by atoms with Crippen molar-refractivity contribution in [1.82, 2.24) is 10.2 Å². The number of rotatable bonds is 4. The minimum absolute atomic E-state index is 0.551. The van der Waals surface area contributed by atoms with Crippen molar-refractivity contribution in [1.29, 1.82) is 0 Å². The zero-order valence-corrected chi connectivity index (χ0v) is 8.68. The Morgan fingerprint density at radius 1 is 1.27 bits per heavy atom. The first-order valence-electron chi connectivity index (χ1n) is 4.27. The molecule has 1 rings (SSSR count). The van der Waals surface area contributed by atoms with E-state index >= 15 is 0 Å². The molecule has 0 amide bonds. The molecular formula is C8H14N7-3. The number of benzene rings is 1. The van der Waals surface area contributed by atoms with Gasteiger partial charge in [-0.15, -0.1) is 5.69 Å². The van der Waals surface area contributed by atoms with Crippen LogP contribution in [0.15, 0.2) is 24.3 Å². The molecule has 1 aromatic rings. The average molecular weight is 208 g/mol. The third-order valence-electron chi connectivity index (χ3n) is 1.65. The fourth-order valence-electron chi connectivity index (χ4n) is 1.04. The van der Waals surface area contributed by atoms with E-state index in [-0.39, 0.29) is 0 Å². The van der Waals surface area contributed by atoms with Gasteiger partial charge in [0.15, 0.2) is 0 Å². The molecule has 4 N–H and O–H groups in total. The van der Waals surface area contributed by atoms with E-state index in [1.165, 1.54) is 12.2 Å². The third-order valence-corrected chi connectivity index (χ3v) is 1.65. The van der Waals surface area contributed by atoms with Gasteiger partial charge in [0.2, 0.25) is 0 Å². The Morgan fingerprint density at radius 3 is 2.47 bits per heavy atom. The molecule has 7 nitrogen and oxygen atoms in total. The number of anilines is 1. The van der Waals surface area contributed by atoms with Crippen LogP contribution < -0.4 is 11.0 Å². The molecule has 0 unspecified atom stereocenters. The highest BCUT2D eigenvalue weighted by Gasteiger charge is 1.92. The zero-order valence-electron chi connectivity index (χ0n) is 8.68. The number of hydrogen-bond acceptors (Lipinski definition) is 4. The largest absolute Gasteiger partial charge is 0.606 e. The zero-order chi connectivity index (χ0) is 11.4. The Kier molecular flexibility index (Phi) is 3.83. The Balaban J connectivity index is 2.82. The summed E-state index contributed by atoms with van der Waals surface area (Å²) in [5.41, 5.74) is 5.17. The molecule has 0 radical (unpaired) electrons. The van der Waals surface area contributed by atoms with E-state index in [4.69, 9.17) is 17.5 Å². The second kappa shape index (κ2) is 4.91. The summed E-state index contributed by atoms with van der Waals surface area (Å²) in [7, 11) is 3.08. The van der Waals surface area contributed by atoms with Gasteiger partial charge < -0.3 is 32.5 Å². The van der Waals surface area contributed by atoms with E-state index in [9.17, 15) is 0 Å². The van der Waals surface area contributed by atoms with Crippen LogP contribution in [0.1, 0.15) is 0 Å². The van der Waals surface area contributed by atoms with Crippen molar-refractivity contribution in [3.05, 3.63) is 41.4 Å². The topological polar surface area (TPSA) is 97.4 Å². The Labute approximate surface area is 88.9 Å². The number of hydrogen-bond donors (Lipinski definition) is 1. The second-order valence-electron chi connectivity index (χ2n) is 3.03. The van der Waals surface area contributed by atoms with Crippen molar-refractivity contribution < 1.29 is 0 Å². The average Bonchev–Trinajstić information content (AvgIpc) is 2.16. The standard InChI is InChI=1S/C8H14N7/c1-13(9)12-7-4-3-5-8(6-7)15(11)14(2)10/h3-6,10-11H,9H2,1-2H3/q-3. The van der Waals surface area contributed by atoms with Crippen LogP contribution in [0.4, 0.5) is 11.4 Å². The SMILES string of the molecule is CN(N)[N-]c1cccc(N([NH-])N(C)[NH-])c1. The lowest BCUT2D eigenvalue weighted by Crippen LogP contribution is -2.26. The fourth-order valence-corrected chi connectivity index (χ4v) is 1.04. The molecule has 0 atom stereocenters. The maximum Gasteiger partial charge on any atom is 0.0313 e. The summed E-state index contributed by atoms with van der Waals surface area (Å²) in [6, 6.07) is 6.91. The maximum absolute atomic E-state index is 7.53. The van der Waals surface area contributed by atoms with Crippen molar-refractivity contribution in [2.75, 3.05) is 19.2 Å². The quantitative estimate of drug-likeness (QED) is 0.604. The van der Waals surface area contributed by atoms with Gasteiger partial charge in [-0.25, -0.2) is 0 Å². The van der Waals surface area contributed by atoms with Crippen molar-refractivity contribution in [3.8, 4) is 0 Å². The van der Waals surface area contributed by atoms with E-state index in [2.05, 4.69) is 5.43 Å². The summed E-state index contributed by atoms with van der Waals surface area (Å²) in [5.74, 6) is 20.1. The summed E-state index contributed by atoms with van der Waals surface area (Å²) >= 11 is 0. The van der Waals surface area contributed by atoms with Crippen molar-refractivity contribution >= 4 is 11.4 Å². The first kappa shape index (κ1) is 11.7. The number of nitrogens with one attached hydrogen (secondary N) is 2. The summed E-state index contributed by atoms with van der Waals surface area (Å²) in [5, 5.41) is 3.04. The normalized spacial score (nSPS) is 10.9. The van der Waals surface area contributed by atoms with Crippen LogP contribution in [0.3, 0.4) is 0 Å². The molecule has 0 aliphatic heterocycles. The molecule has 0 saturated carbocycles. The van der Waals surface area contributed by atoms with E-state index in [0.29, 0.717) is 11.4 Å². The predicted octanol–water partition coefficient (Wildman–Crippen LogP) is 2.00. The second-order valence-corrected chi connectivity index (χ2v) is 3.03. The van der Waals surface area contributed by atoms with Crippen LogP contribution >= 0.6 is 0 Å². The summed E-state index contributed by atoms with van der Waals surface area (Å²) in [6.07, 6.45) is 0. The van der Waals surface area contributed by atoms with Crippen molar-refractivity contribution in [2.45, 2.75) is 0 Å². The lowest BCUT2D eigenvalue weighted by Gasteiger charge is -2.43. The van der Waals surface area contributed by atoms with Crippen LogP contribution in [0.5, 0.6) is 0 Å². The molecule has 0 fully saturated rings. The van der Waals surface area contributed by atoms with Crippen molar-refractivity contribution in [3.63, 3.8) is 0 Å². The molecule has 0 heterocycles. The van der Waals surface area contributed by atoms with Gasteiger partial charge in [0.25, 0.3) is 0 Å². The lowest BCUT2D eigenvalue weighted by atomic mass is 10.3. The molecule has 0 aromatic heterocycles. The lowest BCUT2D eigenvalue weighted by molar-refractivity contribution is 0.459.